The Morgan fingerprint density at radius 3 is 2.60 bits per heavy atom. The number of carbonyl (C=O) groups excluding carboxylic acids is 2. The molecule has 2 aromatic carbocycles. The fourth-order valence-electron chi connectivity index (χ4n) is 5.51. The van der Waals surface area contributed by atoms with Crippen molar-refractivity contribution in [1.82, 2.24) is 4.90 Å². The van der Waals surface area contributed by atoms with E-state index in [0.29, 0.717) is 25.1 Å². The van der Waals surface area contributed by atoms with Gasteiger partial charge in [0.15, 0.2) is 11.5 Å². The van der Waals surface area contributed by atoms with Crippen molar-refractivity contribution >= 4 is 11.7 Å². The number of benzene rings is 2. The second kappa shape index (κ2) is 10.1. The zero-order chi connectivity index (χ0) is 24.4. The Morgan fingerprint density at radius 2 is 1.83 bits per heavy atom. The number of Topliss-reactive ketones (excluding diaryl/α,β-unsaturated/α-hetero) is 1. The number of ether oxygens (including phenoxy) is 3. The minimum Gasteiger partial charge on any atom is -0.497 e. The molecule has 1 fully saturated rings. The Balaban J connectivity index is 1.48. The number of ketones is 1. The minimum absolute atomic E-state index is 0.0844. The summed E-state index contributed by atoms with van der Waals surface area (Å²) in [6.07, 6.45) is 5.11. The summed E-state index contributed by atoms with van der Waals surface area (Å²) in [4.78, 5) is 29.2. The molecule has 1 aliphatic carbocycles. The monoisotopic (exact) mass is 475 g/mol. The van der Waals surface area contributed by atoms with Gasteiger partial charge in [-0.1, -0.05) is 37.6 Å². The van der Waals surface area contributed by atoms with E-state index >= 15 is 0 Å². The van der Waals surface area contributed by atoms with Gasteiger partial charge < -0.3 is 19.1 Å². The van der Waals surface area contributed by atoms with Crippen molar-refractivity contribution in [2.24, 2.45) is 5.92 Å². The summed E-state index contributed by atoms with van der Waals surface area (Å²) in [5.74, 6) is 1.56. The number of hydrogen-bond donors (Lipinski definition) is 0. The molecule has 3 aliphatic rings. The van der Waals surface area contributed by atoms with Crippen LogP contribution in [0.5, 0.6) is 11.5 Å². The lowest BCUT2D eigenvalue weighted by atomic mass is 9.77. The van der Waals surface area contributed by atoms with E-state index in [4.69, 9.17) is 14.2 Å². The summed E-state index contributed by atoms with van der Waals surface area (Å²) in [5, 5.41) is 0. The second-order valence-corrected chi connectivity index (χ2v) is 9.57. The highest BCUT2D eigenvalue weighted by molar-refractivity contribution is 6.11. The molecule has 184 valence electrons. The van der Waals surface area contributed by atoms with Crippen molar-refractivity contribution in [3.8, 4) is 11.5 Å². The Bertz CT molecular complexity index is 1120. The summed E-state index contributed by atoms with van der Waals surface area (Å²) >= 11 is 0. The van der Waals surface area contributed by atoms with Gasteiger partial charge >= 0.3 is 0 Å². The topological polar surface area (TPSA) is 65.1 Å². The molecule has 2 aromatic rings. The van der Waals surface area contributed by atoms with Gasteiger partial charge in [-0.3, -0.25) is 9.59 Å². The van der Waals surface area contributed by atoms with Gasteiger partial charge in [0.1, 0.15) is 17.6 Å². The Morgan fingerprint density at radius 1 is 1.03 bits per heavy atom. The van der Waals surface area contributed by atoms with E-state index in [2.05, 4.69) is 6.92 Å². The molecule has 35 heavy (non-hydrogen) atoms. The summed E-state index contributed by atoms with van der Waals surface area (Å²) < 4.78 is 17.4. The van der Waals surface area contributed by atoms with Crippen molar-refractivity contribution < 1.29 is 23.8 Å². The smallest absolute Gasteiger partial charge is 0.290 e. The number of fused-ring (bicyclic) bond motifs is 1. The molecule has 3 unspecified atom stereocenters. The molecular weight excluding hydrogens is 442 g/mol. The predicted octanol–water partition coefficient (Wildman–Crippen LogP) is 5.02. The molecule has 0 spiro atoms. The highest BCUT2D eigenvalue weighted by Crippen LogP contribution is 2.47. The van der Waals surface area contributed by atoms with Gasteiger partial charge in [-0.15, -0.1) is 0 Å². The predicted molar refractivity (Wildman–Crippen MR) is 132 cm³/mol. The van der Waals surface area contributed by atoms with Crippen LogP contribution in [0.1, 0.15) is 56.2 Å². The molecule has 0 radical (unpaired) electrons. The first-order chi connectivity index (χ1) is 17.1. The van der Waals surface area contributed by atoms with Gasteiger partial charge in [0.05, 0.1) is 31.2 Å². The lowest BCUT2D eigenvalue weighted by molar-refractivity contribution is -0.135. The molecule has 1 saturated carbocycles. The van der Waals surface area contributed by atoms with Gasteiger partial charge in [0, 0.05) is 6.54 Å². The molecule has 2 aliphatic heterocycles. The number of nitrogens with zero attached hydrogens (tertiary/aromatic N) is 1. The fraction of sp³-hybridized carbons (Fsp3) is 0.448. The number of methoxy groups -OCH3 is 1. The Hall–Kier alpha value is -3.28. The molecule has 6 nitrogen and oxygen atoms in total. The maximum Gasteiger partial charge on any atom is 0.290 e. The third-order valence-electron chi connectivity index (χ3n) is 7.31. The van der Waals surface area contributed by atoms with Gasteiger partial charge in [0.2, 0.25) is 0 Å². The maximum atomic E-state index is 13.8. The van der Waals surface area contributed by atoms with Crippen LogP contribution in [0.15, 0.2) is 59.9 Å². The van der Waals surface area contributed by atoms with Gasteiger partial charge in [-0.05, 0) is 67.5 Å². The van der Waals surface area contributed by atoms with Crippen molar-refractivity contribution in [3.63, 3.8) is 0 Å². The van der Waals surface area contributed by atoms with E-state index in [0.717, 1.165) is 54.7 Å². The quantitative estimate of drug-likeness (QED) is 0.536. The molecule has 3 atom stereocenters. The van der Waals surface area contributed by atoms with Crippen LogP contribution in [0.3, 0.4) is 0 Å². The zero-order valence-electron chi connectivity index (χ0n) is 20.5. The van der Waals surface area contributed by atoms with Crippen LogP contribution >= 0.6 is 0 Å². The van der Waals surface area contributed by atoms with Gasteiger partial charge in [0.25, 0.3) is 5.91 Å². The average Bonchev–Trinajstić information content (AvgIpc) is 3.18. The third kappa shape index (κ3) is 4.54. The van der Waals surface area contributed by atoms with Crippen LogP contribution in [-0.2, 0) is 20.7 Å². The highest BCUT2D eigenvalue weighted by atomic mass is 16.5. The van der Waals surface area contributed by atoms with E-state index in [1.165, 1.54) is 0 Å². The van der Waals surface area contributed by atoms with Crippen molar-refractivity contribution in [2.75, 3.05) is 20.3 Å². The normalized spacial score (nSPS) is 23.6. The molecule has 1 amide bonds. The van der Waals surface area contributed by atoms with E-state index in [1.807, 2.05) is 53.4 Å². The molecule has 5 rings (SSSR count). The Labute approximate surface area is 206 Å². The standard InChI is InChI=1S/C29H33NO5/c1-3-17-34-22-8-6-7-20(18-22)26-25-27(31)23-9-4-5-10-24(23)35-28(25)29(32)30(26)16-15-19-11-13-21(33-2)14-12-19/h6-8,11-14,18,23-24,26H,3-5,9-10,15-17H2,1-2H3. The third-order valence-corrected chi connectivity index (χ3v) is 7.31. The van der Waals surface area contributed by atoms with Crippen LogP contribution < -0.4 is 9.47 Å². The number of rotatable bonds is 8. The SMILES string of the molecule is CCCOc1cccc(C2C3=C(OC4CCCCC4C3=O)C(=O)N2CCc2ccc(OC)cc2)c1. The lowest BCUT2D eigenvalue weighted by Crippen LogP contribution is -2.39. The van der Waals surface area contributed by atoms with Crippen LogP contribution in [0.2, 0.25) is 0 Å². The van der Waals surface area contributed by atoms with Crippen molar-refractivity contribution in [2.45, 2.75) is 57.6 Å². The maximum absolute atomic E-state index is 13.8. The van der Waals surface area contributed by atoms with E-state index in [9.17, 15) is 9.59 Å². The number of amides is 1. The van der Waals surface area contributed by atoms with Gasteiger partial charge in [-0.25, -0.2) is 0 Å². The second-order valence-electron chi connectivity index (χ2n) is 9.57. The molecule has 0 saturated heterocycles. The summed E-state index contributed by atoms with van der Waals surface area (Å²) in [7, 11) is 1.64. The zero-order valence-corrected chi connectivity index (χ0v) is 20.5. The van der Waals surface area contributed by atoms with Crippen LogP contribution in [0.4, 0.5) is 0 Å². The van der Waals surface area contributed by atoms with Gasteiger partial charge in [-0.2, -0.15) is 0 Å². The molecule has 0 aromatic heterocycles. The molecule has 0 N–H and O–H groups in total. The Kier molecular flexibility index (Phi) is 6.80. The summed E-state index contributed by atoms with van der Waals surface area (Å²) in [6, 6.07) is 15.2. The van der Waals surface area contributed by atoms with E-state index < -0.39 is 6.04 Å². The summed E-state index contributed by atoms with van der Waals surface area (Å²) in [6.45, 7) is 3.17. The first kappa shape index (κ1) is 23.5. The van der Waals surface area contributed by atoms with E-state index in [1.54, 1.807) is 7.11 Å². The van der Waals surface area contributed by atoms with Crippen molar-refractivity contribution in [3.05, 3.63) is 71.0 Å². The lowest BCUT2D eigenvalue weighted by Gasteiger charge is -2.35. The summed E-state index contributed by atoms with van der Waals surface area (Å²) in [5.41, 5.74) is 2.52. The van der Waals surface area contributed by atoms with Crippen molar-refractivity contribution in [1.29, 1.82) is 0 Å². The first-order valence-corrected chi connectivity index (χ1v) is 12.7. The molecular formula is C29H33NO5. The number of hydrogen-bond acceptors (Lipinski definition) is 5. The van der Waals surface area contributed by atoms with E-state index in [-0.39, 0.29) is 29.5 Å². The molecule has 0 bridgehead atoms. The van der Waals surface area contributed by atoms with Crippen LogP contribution in [0.25, 0.3) is 0 Å². The first-order valence-electron chi connectivity index (χ1n) is 12.7. The van der Waals surface area contributed by atoms with Crippen LogP contribution in [-0.4, -0.2) is 43.0 Å². The highest BCUT2D eigenvalue weighted by Gasteiger charge is 2.51. The molecule has 2 heterocycles. The largest absolute Gasteiger partial charge is 0.497 e. The molecule has 6 heteroatoms. The number of carbonyl (C=O) groups is 2. The fourth-order valence-corrected chi connectivity index (χ4v) is 5.51. The average molecular weight is 476 g/mol. The van der Waals surface area contributed by atoms with Crippen LogP contribution in [0, 0.1) is 5.92 Å². The minimum atomic E-state index is -0.462.